The minimum atomic E-state index is 0. The topological polar surface area (TPSA) is 0 Å². The molecule has 0 aromatic heterocycles. The molecule has 0 heterocycles. The van der Waals surface area contributed by atoms with E-state index in [-0.39, 0.29) is 25.8 Å². The summed E-state index contributed by atoms with van der Waals surface area (Å²) in [7, 11) is 0. The molecule has 0 saturated heterocycles. The Morgan fingerprint density at radius 3 is 2.32 bits per heavy atom. The van der Waals surface area contributed by atoms with Gasteiger partial charge in [-0.1, -0.05) is 45.1 Å². The van der Waals surface area contributed by atoms with Crippen molar-refractivity contribution in [3.8, 4) is 0 Å². The molecule has 1 heteroatoms. The van der Waals surface area contributed by atoms with Gasteiger partial charge < -0.3 is 0 Å². The van der Waals surface area contributed by atoms with Gasteiger partial charge in [0.25, 0.3) is 0 Å². The molecular formula is C18H24Hf. The van der Waals surface area contributed by atoms with E-state index >= 15 is 0 Å². The van der Waals surface area contributed by atoms with Gasteiger partial charge in [-0.3, -0.25) is 0 Å². The van der Waals surface area contributed by atoms with Gasteiger partial charge in [0.2, 0.25) is 0 Å². The summed E-state index contributed by atoms with van der Waals surface area (Å²) < 4.78 is 0. The first-order chi connectivity index (χ1) is 8.53. The van der Waals surface area contributed by atoms with Crippen LogP contribution in [0.3, 0.4) is 0 Å². The second kappa shape index (κ2) is 5.68. The largest absolute Gasteiger partial charge is 0.0764 e. The minimum Gasteiger partial charge on any atom is -0.0764 e. The number of rotatable bonds is 1. The quantitative estimate of drug-likeness (QED) is 0.556. The average molecular weight is 419 g/mol. The predicted octanol–water partition coefficient (Wildman–Crippen LogP) is 5.11. The first kappa shape index (κ1) is 15.2. The monoisotopic (exact) mass is 420 g/mol. The Morgan fingerprint density at radius 2 is 1.68 bits per heavy atom. The fraction of sp³-hybridized carbons (Fsp3) is 0.556. The fourth-order valence-electron chi connectivity index (χ4n) is 3.45. The van der Waals surface area contributed by atoms with E-state index < -0.39 is 0 Å². The number of fused-ring (bicyclic) bond motifs is 2. The van der Waals surface area contributed by atoms with Gasteiger partial charge in [0.05, 0.1) is 0 Å². The Balaban J connectivity index is 0.00000133. The van der Waals surface area contributed by atoms with Crippen molar-refractivity contribution < 1.29 is 25.8 Å². The third kappa shape index (κ3) is 3.29. The molecule has 0 fully saturated rings. The molecule has 19 heavy (non-hydrogen) atoms. The fourth-order valence-corrected chi connectivity index (χ4v) is 3.45. The Kier molecular flexibility index (Phi) is 4.55. The van der Waals surface area contributed by atoms with Gasteiger partial charge in [0, 0.05) is 31.8 Å². The van der Waals surface area contributed by atoms with Crippen LogP contribution in [0.25, 0.3) is 6.08 Å². The van der Waals surface area contributed by atoms with Crippen LogP contribution in [-0.4, -0.2) is 0 Å². The van der Waals surface area contributed by atoms with Crippen LogP contribution in [0, 0.1) is 5.41 Å². The molecule has 1 aromatic rings. The maximum atomic E-state index is 2.51. The predicted molar refractivity (Wildman–Crippen MR) is 78.9 cm³/mol. The van der Waals surface area contributed by atoms with E-state index in [0.29, 0.717) is 11.3 Å². The summed E-state index contributed by atoms with van der Waals surface area (Å²) >= 11 is 0. The summed E-state index contributed by atoms with van der Waals surface area (Å²) in [5.41, 5.74) is 6.73. The second-order valence-corrected chi connectivity index (χ2v) is 7.19. The normalized spacial score (nSPS) is 20.7. The molecule has 0 saturated carbocycles. The Bertz CT molecular complexity index is 491. The van der Waals surface area contributed by atoms with E-state index in [4.69, 9.17) is 0 Å². The number of allylic oxidation sites excluding steroid dienone is 1. The standard InChI is InChI=1S/C18H24.Hf/c1-18(2,3)12-16-9-8-15-10-13-6-4-5-7-14(13)11-17(15)16;/h8-11,16H,4-7,12H2,1-3H3;. The van der Waals surface area contributed by atoms with E-state index in [1.807, 2.05) is 0 Å². The van der Waals surface area contributed by atoms with Crippen LogP contribution in [0.2, 0.25) is 0 Å². The smallest absolute Gasteiger partial charge is 0.00323 e. The summed E-state index contributed by atoms with van der Waals surface area (Å²) in [5, 5.41) is 0. The summed E-state index contributed by atoms with van der Waals surface area (Å²) in [6.07, 6.45) is 11.4. The van der Waals surface area contributed by atoms with Gasteiger partial charge in [-0.2, -0.15) is 0 Å². The van der Waals surface area contributed by atoms with Crippen molar-refractivity contribution in [1.29, 1.82) is 0 Å². The van der Waals surface area contributed by atoms with Crippen molar-refractivity contribution >= 4 is 6.08 Å². The summed E-state index contributed by atoms with van der Waals surface area (Å²) in [5.74, 6) is 0.646. The van der Waals surface area contributed by atoms with Crippen molar-refractivity contribution in [2.24, 2.45) is 5.41 Å². The SMILES string of the molecule is CC(C)(C)CC1C=Cc2cc3c(cc21)CCCC3.[Hf]. The molecule has 100 valence electrons. The molecule has 0 bridgehead atoms. The zero-order valence-electron chi connectivity index (χ0n) is 12.4. The molecule has 0 amide bonds. The molecule has 1 aromatic carbocycles. The van der Waals surface area contributed by atoms with Crippen LogP contribution >= 0.6 is 0 Å². The van der Waals surface area contributed by atoms with Crippen molar-refractivity contribution in [1.82, 2.24) is 0 Å². The Hall–Kier alpha value is -0.170. The van der Waals surface area contributed by atoms with Crippen LogP contribution in [0.15, 0.2) is 18.2 Å². The number of hydrogen-bond donors (Lipinski definition) is 0. The maximum absolute atomic E-state index is 2.51. The van der Waals surface area contributed by atoms with Gasteiger partial charge in [-0.15, -0.1) is 0 Å². The third-order valence-electron chi connectivity index (χ3n) is 4.29. The van der Waals surface area contributed by atoms with E-state index in [2.05, 4.69) is 45.1 Å². The Morgan fingerprint density at radius 1 is 1.05 bits per heavy atom. The van der Waals surface area contributed by atoms with Gasteiger partial charge >= 0.3 is 0 Å². The zero-order chi connectivity index (χ0) is 12.8. The van der Waals surface area contributed by atoms with Crippen LogP contribution < -0.4 is 0 Å². The molecule has 3 rings (SSSR count). The molecule has 0 spiro atoms. The van der Waals surface area contributed by atoms with E-state index in [9.17, 15) is 0 Å². The van der Waals surface area contributed by atoms with Crippen molar-refractivity contribution in [3.05, 3.63) is 40.5 Å². The van der Waals surface area contributed by atoms with Crippen LogP contribution in [0.1, 0.15) is 68.2 Å². The summed E-state index contributed by atoms with van der Waals surface area (Å²) in [6, 6.07) is 4.98. The van der Waals surface area contributed by atoms with Gasteiger partial charge in [-0.25, -0.2) is 0 Å². The van der Waals surface area contributed by atoms with Crippen LogP contribution in [-0.2, 0) is 38.7 Å². The molecule has 1 unspecified atom stereocenters. The first-order valence-electron chi connectivity index (χ1n) is 7.37. The van der Waals surface area contributed by atoms with Gasteiger partial charge in [0.15, 0.2) is 0 Å². The minimum absolute atomic E-state index is 0. The van der Waals surface area contributed by atoms with Crippen LogP contribution in [0.4, 0.5) is 0 Å². The summed E-state index contributed by atoms with van der Waals surface area (Å²) in [4.78, 5) is 0. The molecule has 2 aliphatic carbocycles. The average Bonchev–Trinajstić information content (AvgIpc) is 2.67. The number of aryl methyl sites for hydroxylation is 2. The maximum Gasteiger partial charge on any atom is 0.00323 e. The molecule has 0 nitrogen and oxygen atoms in total. The van der Waals surface area contributed by atoms with Gasteiger partial charge in [-0.05, 0) is 59.8 Å². The first-order valence-corrected chi connectivity index (χ1v) is 7.37. The third-order valence-corrected chi connectivity index (χ3v) is 4.29. The van der Waals surface area contributed by atoms with E-state index in [1.54, 1.807) is 16.7 Å². The molecule has 0 N–H and O–H groups in total. The van der Waals surface area contributed by atoms with E-state index in [0.717, 1.165) is 0 Å². The second-order valence-electron chi connectivity index (χ2n) is 7.19. The van der Waals surface area contributed by atoms with E-state index in [1.165, 1.54) is 37.7 Å². The van der Waals surface area contributed by atoms with Crippen molar-refractivity contribution in [3.63, 3.8) is 0 Å². The number of benzene rings is 1. The number of hydrogen-bond acceptors (Lipinski definition) is 0. The zero-order valence-corrected chi connectivity index (χ0v) is 16.0. The molecule has 0 aliphatic heterocycles. The molecule has 0 radical (unpaired) electrons. The molecular weight excluding hydrogens is 395 g/mol. The molecule has 2 aliphatic rings. The summed E-state index contributed by atoms with van der Waals surface area (Å²) in [6.45, 7) is 7.03. The van der Waals surface area contributed by atoms with Crippen molar-refractivity contribution in [2.75, 3.05) is 0 Å². The van der Waals surface area contributed by atoms with Crippen molar-refractivity contribution in [2.45, 2.75) is 58.8 Å². The van der Waals surface area contributed by atoms with Gasteiger partial charge in [0.1, 0.15) is 0 Å². The van der Waals surface area contributed by atoms with Crippen LogP contribution in [0.5, 0.6) is 0 Å². The molecule has 1 atom stereocenters. The Labute approximate surface area is 136 Å².